The van der Waals surface area contributed by atoms with Gasteiger partial charge in [-0.1, -0.05) is 6.07 Å². The van der Waals surface area contributed by atoms with E-state index in [1.54, 1.807) is 7.11 Å². The third-order valence-corrected chi connectivity index (χ3v) is 6.03. The summed E-state index contributed by atoms with van der Waals surface area (Å²) in [6.45, 7) is 2.51. The van der Waals surface area contributed by atoms with Crippen LogP contribution >= 0.6 is 0 Å². The third-order valence-electron chi connectivity index (χ3n) is 6.03. The summed E-state index contributed by atoms with van der Waals surface area (Å²) in [5, 5.41) is 0. The van der Waals surface area contributed by atoms with Crippen molar-refractivity contribution >= 4 is 0 Å². The Morgan fingerprint density at radius 2 is 2.00 bits per heavy atom. The van der Waals surface area contributed by atoms with E-state index in [1.165, 1.54) is 22.3 Å². The monoisotopic (exact) mass is 403 g/mol. The fourth-order valence-corrected chi connectivity index (χ4v) is 4.64. The Balaban J connectivity index is 0.00000157. The predicted molar refractivity (Wildman–Crippen MR) is 90.5 cm³/mol. The quantitative estimate of drug-likeness (QED) is 0.637. The van der Waals surface area contributed by atoms with Crippen LogP contribution in [0.3, 0.4) is 0 Å². The van der Waals surface area contributed by atoms with Gasteiger partial charge in [-0.05, 0) is 35.4 Å². The highest BCUT2D eigenvalue weighted by atomic mass is 79.9. The topological polar surface area (TPSA) is 27.7 Å². The third kappa shape index (κ3) is 2.44. The minimum absolute atomic E-state index is 0. The summed E-state index contributed by atoms with van der Waals surface area (Å²) in [7, 11) is 4.13. The molecule has 2 atom stereocenters. The Labute approximate surface area is 158 Å². The zero-order valence-electron chi connectivity index (χ0n) is 14.5. The second kappa shape index (κ2) is 5.92. The Kier molecular flexibility index (Phi) is 3.96. The Bertz CT molecular complexity index is 838. The van der Waals surface area contributed by atoms with Crippen LogP contribution in [0.1, 0.15) is 28.3 Å². The van der Waals surface area contributed by atoms with Crippen LogP contribution in [0.4, 0.5) is 0 Å². The summed E-state index contributed by atoms with van der Waals surface area (Å²) in [4.78, 5) is 0. The van der Waals surface area contributed by atoms with Crippen molar-refractivity contribution in [3.05, 3.63) is 52.6 Å². The molecule has 2 aromatic carbocycles. The van der Waals surface area contributed by atoms with Crippen LogP contribution < -0.4 is 31.2 Å². The molecular formula is C20H22BrNO3. The Morgan fingerprint density at radius 3 is 2.84 bits per heavy atom. The predicted octanol–water partition coefficient (Wildman–Crippen LogP) is 0.228. The lowest BCUT2D eigenvalue weighted by molar-refractivity contribution is -0.956. The molecule has 25 heavy (non-hydrogen) atoms. The van der Waals surface area contributed by atoms with E-state index in [0.29, 0.717) is 12.8 Å². The average Bonchev–Trinajstić information content (AvgIpc) is 3.08. The highest BCUT2D eigenvalue weighted by Crippen LogP contribution is 2.48. The number of hydrogen-bond acceptors (Lipinski definition) is 3. The second-order valence-corrected chi connectivity index (χ2v) is 7.33. The number of benzene rings is 2. The maximum atomic E-state index is 5.77. The zero-order chi connectivity index (χ0) is 16.3. The van der Waals surface area contributed by atoms with Gasteiger partial charge in [0.15, 0.2) is 11.5 Å². The Morgan fingerprint density at radius 1 is 1.12 bits per heavy atom. The molecular weight excluding hydrogens is 382 g/mol. The van der Waals surface area contributed by atoms with Crippen LogP contribution in [0.25, 0.3) is 0 Å². The number of likely N-dealkylation sites (N-methyl/N-ethyl adjacent to an activating group) is 1. The second-order valence-electron chi connectivity index (χ2n) is 7.33. The van der Waals surface area contributed by atoms with E-state index in [9.17, 15) is 0 Å². The van der Waals surface area contributed by atoms with Crippen molar-refractivity contribution in [2.75, 3.05) is 27.5 Å². The van der Waals surface area contributed by atoms with E-state index in [2.05, 4.69) is 37.4 Å². The van der Waals surface area contributed by atoms with Gasteiger partial charge in [-0.15, -0.1) is 0 Å². The van der Waals surface area contributed by atoms with Crippen molar-refractivity contribution in [2.24, 2.45) is 0 Å². The molecule has 0 aromatic heterocycles. The van der Waals surface area contributed by atoms with E-state index >= 15 is 0 Å². The summed E-state index contributed by atoms with van der Waals surface area (Å²) < 4.78 is 17.8. The normalized spacial score (nSPS) is 25.3. The summed E-state index contributed by atoms with van der Waals surface area (Å²) in [5.41, 5.74) is 5.68. The van der Waals surface area contributed by atoms with Crippen molar-refractivity contribution in [1.82, 2.24) is 0 Å². The molecule has 0 bridgehead atoms. The van der Waals surface area contributed by atoms with Gasteiger partial charge in [0.1, 0.15) is 18.3 Å². The minimum atomic E-state index is 0. The molecule has 132 valence electrons. The number of fused-ring (bicyclic) bond motifs is 6. The van der Waals surface area contributed by atoms with Gasteiger partial charge in [0.25, 0.3) is 0 Å². The lowest BCUT2D eigenvalue weighted by Crippen LogP contribution is -3.00. The zero-order valence-corrected chi connectivity index (χ0v) is 16.1. The largest absolute Gasteiger partial charge is 1.00 e. The number of quaternary nitrogens is 1. The molecule has 0 spiro atoms. The van der Waals surface area contributed by atoms with E-state index < -0.39 is 0 Å². The van der Waals surface area contributed by atoms with Crippen molar-refractivity contribution in [1.29, 1.82) is 0 Å². The molecule has 3 aliphatic heterocycles. The minimum Gasteiger partial charge on any atom is -1.00 e. The smallest absolute Gasteiger partial charge is 0.231 e. The number of hydrogen-bond donors (Lipinski definition) is 0. The van der Waals surface area contributed by atoms with Gasteiger partial charge in [-0.2, -0.15) is 0 Å². The highest BCUT2D eigenvalue weighted by molar-refractivity contribution is 5.53. The first-order valence-electron chi connectivity index (χ1n) is 8.59. The SMILES string of the molecule is COc1ccc2c(c1)CC[N+]1(C)Cc3c(ccc4c3OCO4)CC21.[Br-]. The molecule has 0 fully saturated rings. The van der Waals surface area contributed by atoms with Gasteiger partial charge >= 0.3 is 0 Å². The van der Waals surface area contributed by atoms with Crippen molar-refractivity contribution in [3.63, 3.8) is 0 Å². The fraction of sp³-hybridized carbons (Fsp3) is 0.400. The van der Waals surface area contributed by atoms with E-state index in [4.69, 9.17) is 14.2 Å². The average molecular weight is 404 g/mol. The van der Waals surface area contributed by atoms with Crippen LogP contribution in [0.2, 0.25) is 0 Å². The summed E-state index contributed by atoms with van der Waals surface area (Å²) in [6.07, 6.45) is 2.16. The van der Waals surface area contributed by atoms with Gasteiger partial charge in [0, 0.05) is 18.4 Å². The number of ether oxygens (including phenoxy) is 3. The van der Waals surface area contributed by atoms with Crippen molar-refractivity contribution in [3.8, 4) is 17.2 Å². The van der Waals surface area contributed by atoms with Crippen molar-refractivity contribution in [2.45, 2.75) is 25.4 Å². The van der Waals surface area contributed by atoms with Crippen LogP contribution in [0, 0.1) is 0 Å². The summed E-state index contributed by atoms with van der Waals surface area (Å²) >= 11 is 0. The molecule has 3 heterocycles. The summed E-state index contributed by atoms with van der Waals surface area (Å²) in [6, 6.07) is 11.4. The first kappa shape index (κ1) is 16.7. The van der Waals surface area contributed by atoms with Gasteiger partial charge < -0.3 is 35.7 Å². The van der Waals surface area contributed by atoms with Crippen LogP contribution in [0.5, 0.6) is 17.2 Å². The molecule has 2 unspecified atom stereocenters. The molecule has 0 N–H and O–H groups in total. The fourth-order valence-electron chi connectivity index (χ4n) is 4.64. The van der Waals surface area contributed by atoms with Gasteiger partial charge in [-0.3, -0.25) is 0 Å². The molecule has 0 amide bonds. The molecule has 0 radical (unpaired) electrons. The van der Waals surface area contributed by atoms with Gasteiger partial charge in [0.2, 0.25) is 6.79 Å². The molecule has 0 saturated heterocycles. The van der Waals surface area contributed by atoms with E-state index in [0.717, 1.165) is 47.7 Å². The molecule has 3 aliphatic rings. The maximum absolute atomic E-state index is 5.77. The Hall–Kier alpha value is -1.72. The lowest BCUT2D eigenvalue weighted by Gasteiger charge is -2.49. The van der Waals surface area contributed by atoms with Gasteiger partial charge in [0.05, 0.1) is 26.3 Å². The van der Waals surface area contributed by atoms with Gasteiger partial charge in [-0.25, -0.2) is 0 Å². The molecule has 0 aliphatic carbocycles. The standard InChI is InChI=1S/C20H22NO3.BrH/c1-21-8-7-14-9-15(22-2)4-5-16(14)18(21)10-13-3-6-19-20(17(13)11-21)24-12-23-19;/h3-6,9,18H,7-8,10-12H2,1-2H3;1H/q+1;/p-1. The molecule has 2 aromatic rings. The number of halogens is 1. The van der Waals surface area contributed by atoms with Crippen LogP contribution in [-0.2, 0) is 19.4 Å². The summed E-state index contributed by atoms with van der Waals surface area (Å²) in [5.74, 6) is 2.84. The number of rotatable bonds is 1. The molecule has 5 rings (SSSR count). The van der Waals surface area contributed by atoms with Crippen LogP contribution in [0.15, 0.2) is 30.3 Å². The van der Waals surface area contributed by atoms with Crippen LogP contribution in [-0.4, -0.2) is 32.0 Å². The maximum Gasteiger partial charge on any atom is 0.231 e. The molecule has 0 saturated carbocycles. The lowest BCUT2D eigenvalue weighted by atomic mass is 9.81. The highest BCUT2D eigenvalue weighted by Gasteiger charge is 2.44. The first-order chi connectivity index (χ1) is 11.7. The first-order valence-corrected chi connectivity index (χ1v) is 8.59. The molecule has 4 nitrogen and oxygen atoms in total. The number of methoxy groups -OCH3 is 1. The number of nitrogens with zero attached hydrogens (tertiary/aromatic N) is 1. The van der Waals surface area contributed by atoms with Crippen molar-refractivity contribution < 1.29 is 35.7 Å². The molecule has 5 heteroatoms. The van der Waals surface area contributed by atoms with E-state index in [1.807, 2.05) is 0 Å². The van der Waals surface area contributed by atoms with E-state index in [-0.39, 0.29) is 17.0 Å².